The quantitative estimate of drug-likeness (QED) is 0.914. The van der Waals surface area contributed by atoms with Crippen molar-refractivity contribution < 1.29 is 4.74 Å². The van der Waals surface area contributed by atoms with Crippen molar-refractivity contribution in [3.63, 3.8) is 0 Å². The van der Waals surface area contributed by atoms with Crippen LogP contribution in [0.3, 0.4) is 0 Å². The molecule has 1 heterocycles. The van der Waals surface area contributed by atoms with Gasteiger partial charge in [0, 0.05) is 18.3 Å². The predicted octanol–water partition coefficient (Wildman–Crippen LogP) is 3.56. The first-order chi connectivity index (χ1) is 9.19. The smallest absolute Gasteiger partial charge is 0.168 e. The Labute approximate surface area is 121 Å². The van der Waals surface area contributed by atoms with E-state index in [9.17, 15) is 0 Å². The summed E-state index contributed by atoms with van der Waals surface area (Å²) in [7, 11) is 0. The number of benzene rings is 1. The van der Waals surface area contributed by atoms with Crippen LogP contribution in [0.1, 0.15) is 18.4 Å². The van der Waals surface area contributed by atoms with E-state index in [1.54, 1.807) is 0 Å². The Morgan fingerprint density at radius 3 is 2.79 bits per heavy atom. The predicted molar refractivity (Wildman–Crippen MR) is 79.4 cm³/mol. The minimum Gasteiger partial charge on any atom is -0.484 e. The highest BCUT2D eigenvalue weighted by molar-refractivity contribution is 9.10. The van der Waals surface area contributed by atoms with Gasteiger partial charge < -0.3 is 10.1 Å². The first kappa shape index (κ1) is 13.8. The average Bonchev–Trinajstić information content (AvgIpc) is 2.37. The zero-order valence-electron chi connectivity index (χ0n) is 11.0. The van der Waals surface area contributed by atoms with E-state index in [0.717, 1.165) is 28.3 Å². The maximum Gasteiger partial charge on any atom is 0.168 e. The molecule has 0 aliphatic carbocycles. The maximum absolute atomic E-state index is 5.71. The molecule has 2 rings (SSSR count). The summed E-state index contributed by atoms with van der Waals surface area (Å²) in [5.74, 6) is 2.30. The van der Waals surface area contributed by atoms with Crippen molar-refractivity contribution in [1.29, 1.82) is 0 Å². The van der Waals surface area contributed by atoms with Crippen molar-refractivity contribution in [2.45, 2.75) is 20.5 Å². The van der Waals surface area contributed by atoms with Crippen LogP contribution in [-0.4, -0.2) is 16.5 Å². The van der Waals surface area contributed by atoms with Crippen LogP contribution < -0.4 is 10.1 Å². The van der Waals surface area contributed by atoms with E-state index in [1.165, 1.54) is 0 Å². The lowest BCUT2D eigenvalue weighted by Gasteiger charge is -2.09. The van der Waals surface area contributed by atoms with Crippen LogP contribution in [0.4, 0.5) is 5.82 Å². The number of anilines is 1. The van der Waals surface area contributed by atoms with Crippen LogP contribution in [0.5, 0.6) is 5.75 Å². The molecule has 5 heteroatoms. The van der Waals surface area contributed by atoms with Crippen molar-refractivity contribution >= 4 is 21.7 Å². The molecule has 0 bridgehead atoms. The minimum absolute atomic E-state index is 0.350. The fraction of sp³-hybridized carbons (Fsp3) is 0.286. The summed E-state index contributed by atoms with van der Waals surface area (Å²) in [6.45, 7) is 5.17. The molecule has 0 saturated carbocycles. The summed E-state index contributed by atoms with van der Waals surface area (Å²) in [6, 6.07) is 9.65. The van der Waals surface area contributed by atoms with Crippen LogP contribution in [0.2, 0.25) is 0 Å². The van der Waals surface area contributed by atoms with Gasteiger partial charge in [-0.1, -0.05) is 12.1 Å². The summed E-state index contributed by atoms with van der Waals surface area (Å²) in [5.41, 5.74) is 0.927. The number of nitrogens with zero attached hydrogens (tertiary/aromatic N) is 2. The van der Waals surface area contributed by atoms with E-state index >= 15 is 0 Å². The monoisotopic (exact) mass is 321 g/mol. The molecular formula is C14H16BrN3O. The Morgan fingerprint density at radius 2 is 2.05 bits per heavy atom. The van der Waals surface area contributed by atoms with Gasteiger partial charge in [0.25, 0.3) is 0 Å². The molecule has 0 aliphatic heterocycles. The fourth-order valence-electron chi connectivity index (χ4n) is 1.67. The third-order valence-corrected chi connectivity index (χ3v) is 3.11. The summed E-state index contributed by atoms with van der Waals surface area (Å²) >= 11 is 3.45. The Kier molecular flexibility index (Phi) is 4.74. The van der Waals surface area contributed by atoms with Crippen molar-refractivity contribution in [2.75, 3.05) is 11.9 Å². The number of nitrogens with one attached hydrogen (secondary N) is 1. The number of aryl methyl sites for hydroxylation is 1. The maximum atomic E-state index is 5.71. The lowest BCUT2D eigenvalue weighted by molar-refractivity contribution is 0.294. The van der Waals surface area contributed by atoms with Gasteiger partial charge in [0.1, 0.15) is 18.2 Å². The van der Waals surface area contributed by atoms with Gasteiger partial charge in [0.2, 0.25) is 0 Å². The molecule has 1 N–H and O–H groups in total. The lowest BCUT2D eigenvalue weighted by Crippen LogP contribution is -2.07. The topological polar surface area (TPSA) is 47.0 Å². The number of hydrogen-bond donors (Lipinski definition) is 1. The Bertz CT molecular complexity index is 560. The van der Waals surface area contributed by atoms with Gasteiger partial charge in [0.05, 0.1) is 4.47 Å². The molecule has 0 amide bonds. The Balaban J connectivity index is 2.09. The Hall–Kier alpha value is -1.62. The first-order valence-electron chi connectivity index (χ1n) is 6.15. The SMILES string of the molecule is CCNc1cc(C)nc(COc2ccccc2Br)n1. The molecule has 0 unspecified atom stereocenters. The second kappa shape index (κ2) is 6.52. The third kappa shape index (κ3) is 3.92. The van der Waals surface area contributed by atoms with Crippen molar-refractivity contribution in [2.24, 2.45) is 0 Å². The summed E-state index contributed by atoms with van der Waals surface area (Å²) in [5, 5.41) is 3.18. The van der Waals surface area contributed by atoms with Crippen molar-refractivity contribution in [1.82, 2.24) is 9.97 Å². The molecule has 0 radical (unpaired) electrons. The first-order valence-corrected chi connectivity index (χ1v) is 6.94. The van der Waals surface area contributed by atoms with Crippen LogP contribution in [0.15, 0.2) is 34.8 Å². The van der Waals surface area contributed by atoms with E-state index in [4.69, 9.17) is 4.74 Å². The highest BCUT2D eigenvalue weighted by Crippen LogP contribution is 2.24. The summed E-state index contributed by atoms with van der Waals surface area (Å²) < 4.78 is 6.64. The standard InChI is InChI=1S/C14H16BrN3O/c1-3-16-13-8-10(2)17-14(18-13)9-19-12-7-5-4-6-11(12)15/h4-8H,3,9H2,1-2H3,(H,16,17,18). The second-order valence-electron chi connectivity index (χ2n) is 4.06. The molecule has 19 heavy (non-hydrogen) atoms. The molecule has 0 saturated heterocycles. The third-order valence-electron chi connectivity index (χ3n) is 2.45. The molecule has 0 spiro atoms. The largest absolute Gasteiger partial charge is 0.484 e. The van der Waals surface area contributed by atoms with Crippen LogP contribution in [-0.2, 0) is 6.61 Å². The summed E-state index contributed by atoms with van der Waals surface area (Å²) in [4.78, 5) is 8.77. The zero-order valence-corrected chi connectivity index (χ0v) is 12.6. The van der Waals surface area contributed by atoms with E-state index in [-0.39, 0.29) is 0 Å². The number of rotatable bonds is 5. The van der Waals surface area contributed by atoms with E-state index < -0.39 is 0 Å². The van der Waals surface area contributed by atoms with Gasteiger partial charge >= 0.3 is 0 Å². The number of para-hydroxylation sites is 1. The van der Waals surface area contributed by atoms with Gasteiger partial charge in [-0.3, -0.25) is 0 Å². The molecule has 2 aromatic rings. The summed E-state index contributed by atoms with van der Waals surface area (Å²) in [6.07, 6.45) is 0. The highest BCUT2D eigenvalue weighted by Gasteiger charge is 2.04. The van der Waals surface area contributed by atoms with E-state index in [1.807, 2.05) is 44.2 Å². The number of aromatic nitrogens is 2. The molecule has 0 fully saturated rings. The number of halogens is 1. The Morgan fingerprint density at radius 1 is 1.26 bits per heavy atom. The number of hydrogen-bond acceptors (Lipinski definition) is 4. The molecule has 4 nitrogen and oxygen atoms in total. The molecule has 0 atom stereocenters. The minimum atomic E-state index is 0.350. The van der Waals surface area contributed by atoms with Crippen molar-refractivity contribution in [3.8, 4) is 5.75 Å². The average molecular weight is 322 g/mol. The molecule has 1 aromatic carbocycles. The highest BCUT2D eigenvalue weighted by atomic mass is 79.9. The van der Waals surface area contributed by atoms with Crippen LogP contribution >= 0.6 is 15.9 Å². The van der Waals surface area contributed by atoms with Gasteiger partial charge in [-0.15, -0.1) is 0 Å². The van der Waals surface area contributed by atoms with Crippen LogP contribution in [0.25, 0.3) is 0 Å². The van der Waals surface area contributed by atoms with Crippen LogP contribution in [0, 0.1) is 6.92 Å². The van der Waals surface area contributed by atoms with Crippen molar-refractivity contribution in [3.05, 3.63) is 46.3 Å². The normalized spacial score (nSPS) is 10.3. The van der Waals surface area contributed by atoms with Gasteiger partial charge in [-0.2, -0.15) is 0 Å². The van der Waals surface area contributed by atoms with E-state index in [2.05, 4.69) is 31.2 Å². The van der Waals surface area contributed by atoms with Gasteiger partial charge in [-0.05, 0) is 41.9 Å². The fourth-order valence-corrected chi connectivity index (χ4v) is 2.07. The van der Waals surface area contributed by atoms with E-state index in [0.29, 0.717) is 12.4 Å². The molecule has 1 aromatic heterocycles. The zero-order chi connectivity index (χ0) is 13.7. The van der Waals surface area contributed by atoms with Gasteiger partial charge in [-0.25, -0.2) is 9.97 Å². The second-order valence-corrected chi connectivity index (χ2v) is 4.91. The molecule has 0 aliphatic rings. The lowest BCUT2D eigenvalue weighted by atomic mass is 10.3. The molecule has 100 valence electrons. The van der Waals surface area contributed by atoms with Gasteiger partial charge in [0.15, 0.2) is 5.82 Å². The molecular weight excluding hydrogens is 306 g/mol. The number of ether oxygens (including phenoxy) is 1.